The summed E-state index contributed by atoms with van der Waals surface area (Å²) in [7, 11) is 0. The number of fused-ring (bicyclic) bond motifs is 2. The Balaban J connectivity index is 1.46. The number of carbonyl (C=O) groups is 2. The van der Waals surface area contributed by atoms with Crippen molar-refractivity contribution in [3.63, 3.8) is 0 Å². The standard InChI is InChI=1S/C34H36N6O2/c1-3-17-35-33(41)37-25-13-19-39(20-14-25)23-31-27-9-5-7-11-29(27)32(30-12-8-6-10-28(30)31)24-40-21-15-26(16-22-40)38-34(42)36-18-4-2/h5-16,19-22H,3-4,17-18,23-24H2,1-2H3,(H2,35,36,41,42)/p+1. The number of benzene rings is 3. The fourth-order valence-electron chi connectivity index (χ4n) is 5.09. The van der Waals surface area contributed by atoms with E-state index in [1.807, 2.05) is 62.9 Å². The molecule has 3 aromatic carbocycles. The fraction of sp³-hybridized carbons (Fsp3) is 0.235. The van der Waals surface area contributed by atoms with E-state index in [0.29, 0.717) is 31.5 Å². The summed E-state index contributed by atoms with van der Waals surface area (Å²) in [5, 5.41) is 14.0. The van der Waals surface area contributed by atoms with Crippen molar-refractivity contribution in [1.29, 1.82) is 0 Å². The molecule has 0 aliphatic rings. The average Bonchev–Trinajstić information content (AvgIpc) is 3.02. The molecule has 2 heterocycles. The molecule has 5 rings (SSSR count). The van der Waals surface area contributed by atoms with E-state index in [2.05, 4.69) is 78.6 Å². The maximum absolute atomic E-state index is 12.0. The molecule has 8 nitrogen and oxygen atoms in total. The number of nitrogens with zero attached hydrogens (tertiary/aromatic N) is 3. The quantitative estimate of drug-likeness (QED) is 0.158. The van der Waals surface area contributed by atoms with E-state index in [1.165, 1.54) is 32.7 Å². The normalized spacial score (nSPS) is 10.9. The molecule has 0 aliphatic carbocycles. The number of pyridine rings is 2. The van der Waals surface area contributed by atoms with Gasteiger partial charge in [0.25, 0.3) is 0 Å². The zero-order valence-electron chi connectivity index (χ0n) is 24.1. The number of rotatable bonds is 9. The van der Waals surface area contributed by atoms with Gasteiger partial charge in [-0.1, -0.05) is 62.4 Å². The van der Waals surface area contributed by atoms with Gasteiger partial charge in [-0.05, 0) is 52.1 Å². The van der Waals surface area contributed by atoms with E-state index >= 15 is 0 Å². The first kappa shape index (κ1) is 28.5. The van der Waals surface area contributed by atoms with Crippen molar-refractivity contribution in [2.75, 3.05) is 18.4 Å². The smallest absolute Gasteiger partial charge is 0.341 e. The van der Waals surface area contributed by atoms with Crippen molar-refractivity contribution >= 4 is 39.3 Å². The Morgan fingerprint density at radius 2 is 1.29 bits per heavy atom. The molecule has 0 spiro atoms. The molecule has 5 aromatic rings. The predicted octanol–water partition coefficient (Wildman–Crippen LogP) is 5.73. The molecule has 0 radical (unpaired) electrons. The fourth-order valence-corrected chi connectivity index (χ4v) is 5.09. The van der Waals surface area contributed by atoms with E-state index in [-0.39, 0.29) is 12.1 Å². The van der Waals surface area contributed by atoms with Crippen LogP contribution in [0.2, 0.25) is 0 Å². The minimum Gasteiger partial charge on any atom is -0.350 e. The van der Waals surface area contributed by atoms with Crippen LogP contribution in [0.4, 0.5) is 15.3 Å². The van der Waals surface area contributed by atoms with E-state index in [4.69, 9.17) is 0 Å². The Kier molecular flexibility index (Phi) is 9.23. The van der Waals surface area contributed by atoms with Gasteiger partial charge >= 0.3 is 12.1 Å². The lowest BCUT2D eigenvalue weighted by molar-refractivity contribution is -0.687. The monoisotopic (exact) mass is 561 g/mol. The van der Waals surface area contributed by atoms with Crippen LogP contribution in [-0.4, -0.2) is 29.7 Å². The third-order valence-corrected chi connectivity index (χ3v) is 7.15. The molecule has 0 saturated heterocycles. The molecule has 0 atom stereocenters. The highest BCUT2D eigenvalue weighted by molar-refractivity contribution is 6.05. The number of nitrogens with one attached hydrogen (secondary N) is 3. The highest BCUT2D eigenvalue weighted by Crippen LogP contribution is 2.33. The number of carbonyl (C=O) groups excluding carboxylic acids is 2. The van der Waals surface area contributed by atoms with Gasteiger partial charge in [-0.25, -0.2) is 14.2 Å². The number of aromatic nitrogens is 2. The Hall–Kier alpha value is -4.98. The minimum absolute atomic E-state index is 0.193. The average molecular weight is 562 g/mol. The van der Waals surface area contributed by atoms with Crippen molar-refractivity contribution in [1.82, 2.24) is 15.2 Å². The van der Waals surface area contributed by atoms with Gasteiger partial charge in [-0.15, -0.1) is 0 Å². The summed E-state index contributed by atoms with van der Waals surface area (Å²) in [6, 6.07) is 24.2. The van der Waals surface area contributed by atoms with Crippen LogP contribution in [-0.2, 0) is 13.1 Å². The SMILES string of the molecule is CCCNC(=O)N=c1ccn(Cc2c3ccccc3c(C[n+]3ccc(NC(=O)NCCC)cc3)c3ccccc23)cc1. The number of urea groups is 2. The van der Waals surface area contributed by atoms with Crippen molar-refractivity contribution < 1.29 is 14.2 Å². The zero-order valence-corrected chi connectivity index (χ0v) is 24.1. The Labute approximate surface area is 245 Å². The van der Waals surface area contributed by atoms with Gasteiger partial charge in [0, 0.05) is 49.7 Å². The van der Waals surface area contributed by atoms with Gasteiger partial charge in [0.15, 0.2) is 18.9 Å². The summed E-state index contributed by atoms with van der Waals surface area (Å²) in [5.74, 6) is 0. The maximum Gasteiger partial charge on any atom is 0.341 e. The molecule has 2 aromatic heterocycles. The molecule has 8 heteroatoms. The third-order valence-electron chi connectivity index (χ3n) is 7.15. The second-order valence-corrected chi connectivity index (χ2v) is 10.3. The Bertz CT molecular complexity index is 1700. The molecule has 0 saturated carbocycles. The molecule has 42 heavy (non-hydrogen) atoms. The first-order chi connectivity index (χ1) is 20.6. The summed E-state index contributed by atoms with van der Waals surface area (Å²) >= 11 is 0. The van der Waals surface area contributed by atoms with E-state index < -0.39 is 0 Å². The summed E-state index contributed by atoms with van der Waals surface area (Å²) in [4.78, 5) is 28.2. The molecular formula is C34H37N6O2+. The van der Waals surface area contributed by atoms with Crippen LogP contribution in [0.5, 0.6) is 0 Å². The van der Waals surface area contributed by atoms with Gasteiger partial charge in [0.1, 0.15) is 0 Å². The highest BCUT2D eigenvalue weighted by atomic mass is 16.2. The predicted molar refractivity (Wildman–Crippen MR) is 167 cm³/mol. The van der Waals surface area contributed by atoms with Crippen LogP contribution < -0.4 is 25.9 Å². The molecule has 4 amide bonds. The van der Waals surface area contributed by atoms with Gasteiger partial charge in [0.05, 0.1) is 11.0 Å². The number of amides is 4. The Morgan fingerprint density at radius 3 is 1.86 bits per heavy atom. The first-order valence-corrected chi connectivity index (χ1v) is 14.5. The van der Waals surface area contributed by atoms with Gasteiger partial charge < -0.3 is 20.5 Å². The lowest BCUT2D eigenvalue weighted by Gasteiger charge is -2.17. The molecule has 0 fully saturated rings. The van der Waals surface area contributed by atoms with E-state index in [1.54, 1.807) is 0 Å². The van der Waals surface area contributed by atoms with Crippen LogP contribution in [0.25, 0.3) is 21.5 Å². The maximum atomic E-state index is 12.0. The lowest BCUT2D eigenvalue weighted by atomic mass is 9.91. The number of hydrogen-bond acceptors (Lipinski definition) is 2. The van der Waals surface area contributed by atoms with Crippen LogP contribution in [0.1, 0.15) is 37.8 Å². The second-order valence-electron chi connectivity index (χ2n) is 10.3. The topological polar surface area (TPSA) is 91.4 Å². The summed E-state index contributed by atoms with van der Waals surface area (Å²) < 4.78 is 4.25. The van der Waals surface area contributed by atoms with Gasteiger partial charge in [0.2, 0.25) is 0 Å². The third kappa shape index (κ3) is 6.83. The second kappa shape index (κ2) is 13.6. The first-order valence-electron chi connectivity index (χ1n) is 14.5. The molecule has 0 bridgehead atoms. The van der Waals surface area contributed by atoms with Crippen molar-refractivity contribution in [2.24, 2.45) is 4.99 Å². The van der Waals surface area contributed by atoms with Crippen molar-refractivity contribution in [2.45, 2.75) is 39.8 Å². The van der Waals surface area contributed by atoms with Gasteiger partial charge in [-0.3, -0.25) is 0 Å². The summed E-state index contributed by atoms with van der Waals surface area (Å²) in [6.07, 6.45) is 9.70. The lowest BCUT2D eigenvalue weighted by Crippen LogP contribution is -2.34. The van der Waals surface area contributed by atoms with Gasteiger partial charge in [-0.2, -0.15) is 4.99 Å². The van der Waals surface area contributed by atoms with Crippen LogP contribution in [0, 0.1) is 0 Å². The van der Waals surface area contributed by atoms with E-state index in [9.17, 15) is 9.59 Å². The van der Waals surface area contributed by atoms with Crippen LogP contribution >= 0.6 is 0 Å². The minimum atomic E-state index is -0.316. The molecular weight excluding hydrogens is 524 g/mol. The molecule has 3 N–H and O–H groups in total. The summed E-state index contributed by atoms with van der Waals surface area (Å²) in [6.45, 7) is 6.66. The number of hydrogen-bond donors (Lipinski definition) is 3. The van der Waals surface area contributed by atoms with Crippen molar-refractivity contribution in [3.05, 3.63) is 114 Å². The molecule has 214 valence electrons. The van der Waals surface area contributed by atoms with E-state index in [0.717, 1.165) is 18.5 Å². The van der Waals surface area contributed by atoms with Crippen LogP contribution in [0.3, 0.4) is 0 Å². The highest BCUT2D eigenvalue weighted by Gasteiger charge is 2.17. The zero-order chi connectivity index (χ0) is 29.3. The molecule has 0 unspecified atom stereocenters. The van der Waals surface area contributed by atoms with Crippen LogP contribution in [0.15, 0.2) is 103 Å². The van der Waals surface area contributed by atoms with Crippen molar-refractivity contribution in [3.8, 4) is 0 Å². The Morgan fingerprint density at radius 1 is 0.738 bits per heavy atom. The molecule has 0 aliphatic heterocycles. The number of anilines is 1. The summed E-state index contributed by atoms with van der Waals surface area (Å²) in [5.41, 5.74) is 3.24. The largest absolute Gasteiger partial charge is 0.350 e.